The molecule has 3 rings (SSSR count). The Balaban J connectivity index is 1.32. The van der Waals surface area contributed by atoms with Crippen LogP contribution in [0.5, 0.6) is 5.75 Å². The van der Waals surface area contributed by atoms with Crippen LogP contribution in [-0.4, -0.2) is 16.6 Å². The van der Waals surface area contributed by atoms with E-state index in [2.05, 4.69) is 48.1 Å². The first-order valence-corrected chi connectivity index (χ1v) is 14.8. The van der Waals surface area contributed by atoms with Gasteiger partial charge in [-0.1, -0.05) is 128 Å². The van der Waals surface area contributed by atoms with E-state index in [1.807, 2.05) is 12.4 Å². The number of nitrogens with zero attached hydrogens (tertiary/aromatic N) is 2. The van der Waals surface area contributed by atoms with Crippen LogP contribution in [0.2, 0.25) is 0 Å². The predicted molar refractivity (Wildman–Crippen MR) is 149 cm³/mol. The number of aryl methyl sites for hydroxylation is 1. The first-order chi connectivity index (χ1) is 17.3. The van der Waals surface area contributed by atoms with Crippen molar-refractivity contribution in [2.75, 3.05) is 6.61 Å². The molecule has 0 aliphatic heterocycles. The Morgan fingerprint density at radius 1 is 0.686 bits per heavy atom. The van der Waals surface area contributed by atoms with Crippen molar-refractivity contribution in [1.82, 2.24) is 9.97 Å². The number of benzene rings is 1. The monoisotopic (exact) mass is 478 g/mol. The van der Waals surface area contributed by atoms with Gasteiger partial charge in [0.2, 0.25) is 0 Å². The largest absolute Gasteiger partial charge is 0.490 e. The fourth-order valence-electron chi connectivity index (χ4n) is 5.47. The molecular formula is C32H50N2O. The quantitative estimate of drug-likeness (QED) is 0.212. The average molecular weight is 479 g/mol. The second-order valence-electron chi connectivity index (χ2n) is 10.8. The first kappa shape index (κ1) is 27.7. The molecule has 1 saturated carbocycles. The Hall–Kier alpha value is -1.90. The number of aromatic nitrogens is 2. The molecule has 0 saturated heterocycles. The molecular weight excluding hydrogens is 428 g/mol. The zero-order chi connectivity index (χ0) is 24.6. The second kappa shape index (κ2) is 16.7. The smallest absolute Gasteiger partial charge is 0.159 e. The Morgan fingerprint density at radius 3 is 1.91 bits per heavy atom. The summed E-state index contributed by atoms with van der Waals surface area (Å²) in [5.41, 5.74) is 2.52. The summed E-state index contributed by atoms with van der Waals surface area (Å²) in [4.78, 5) is 9.09. The highest BCUT2D eigenvalue weighted by molar-refractivity contribution is 5.55. The summed E-state index contributed by atoms with van der Waals surface area (Å²) in [7, 11) is 0. The summed E-state index contributed by atoms with van der Waals surface area (Å²) in [6.07, 6.45) is 26.7. The van der Waals surface area contributed by atoms with Crippen LogP contribution in [0.4, 0.5) is 0 Å². The molecule has 1 heterocycles. The summed E-state index contributed by atoms with van der Waals surface area (Å²) in [6.45, 7) is 5.32. The zero-order valence-electron chi connectivity index (χ0n) is 22.6. The highest BCUT2D eigenvalue weighted by atomic mass is 16.5. The van der Waals surface area contributed by atoms with Crippen LogP contribution in [0, 0.1) is 11.8 Å². The molecule has 2 aromatic rings. The molecule has 1 aromatic heterocycles. The number of hydrogen-bond acceptors (Lipinski definition) is 3. The van der Waals surface area contributed by atoms with E-state index < -0.39 is 0 Å². The molecule has 0 radical (unpaired) electrons. The van der Waals surface area contributed by atoms with Gasteiger partial charge in [0.05, 0.1) is 19.0 Å². The third-order valence-corrected chi connectivity index (χ3v) is 7.88. The topological polar surface area (TPSA) is 35.0 Å². The highest BCUT2D eigenvalue weighted by Gasteiger charge is 2.20. The summed E-state index contributed by atoms with van der Waals surface area (Å²) in [5.74, 6) is 3.49. The van der Waals surface area contributed by atoms with Crippen LogP contribution < -0.4 is 4.74 Å². The lowest BCUT2D eigenvalue weighted by molar-refractivity contribution is 0.249. The van der Waals surface area contributed by atoms with Gasteiger partial charge in [-0.15, -0.1) is 0 Å². The normalized spacial score (nSPS) is 18.0. The third-order valence-electron chi connectivity index (χ3n) is 7.88. The van der Waals surface area contributed by atoms with Crippen LogP contribution in [0.25, 0.3) is 11.4 Å². The van der Waals surface area contributed by atoms with Crippen LogP contribution in [0.15, 0.2) is 36.7 Å². The predicted octanol–water partition coefficient (Wildman–Crippen LogP) is 9.59. The van der Waals surface area contributed by atoms with Crippen molar-refractivity contribution in [2.45, 2.75) is 123 Å². The minimum Gasteiger partial charge on any atom is -0.490 e. The zero-order valence-corrected chi connectivity index (χ0v) is 22.6. The molecule has 3 nitrogen and oxygen atoms in total. The molecule has 1 aromatic carbocycles. The van der Waals surface area contributed by atoms with Crippen LogP contribution in [0.1, 0.15) is 122 Å². The minimum absolute atomic E-state index is 0.756. The molecule has 1 aliphatic carbocycles. The number of unbranched alkanes of at least 4 members (excludes halogenated alkanes) is 8. The van der Waals surface area contributed by atoms with Crippen molar-refractivity contribution in [1.29, 1.82) is 0 Å². The molecule has 0 bridgehead atoms. The van der Waals surface area contributed by atoms with E-state index in [-0.39, 0.29) is 0 Å². The van der Waals surface area contributed by atoms with Gasteiger partial charge >= 0.3 is 0 Å². The summed E-state index contributed by atoms with van der Waals surface area (Å²) in [6, 6.07) is 8.88. The van der Waals surface area contributed by atoms with E-state index >= 15 is 0 Å². The Morgan fingerprint density at radius 2 is 1.26 bits per heavy atom. The van der Waals surface area contributed by atoms with E-state index in [1.54, 1.807) is 0 Å². The lowest BCUT2D eigenvalue weighted by atomic mass is 9.78. The maximum atomic E-state index is 5.84. The molecule has 0 spiro atoms. The van der Waals surface area contributed by atoms with E-state index in [9.17, 15) is 0 Å². The SMILES string of the molecule is CCCCCCCCCOc1cnc(-c2ccc(CCC3CCC(CCCCC)CC3)cc2)nc1. The minimum atomic E-state index is 0.756. The Labute approximate surface area is 215 Å². The van der Waals surface area contributed by atoms with E-state index in [4.69, 9.17) is 4.74 Å². The van der Waals surface area contributed by atoms with Gasteiger partial charge in [0, 0.05) is 5.56 Å². The molecule has 35 heavy (non-hydrogen) atoms. The molecule has 194 valence electrons. The second-order valence-corrected chi connectivity index (χ2v) is 10.8. The maximum absolute atomic E-state index is 5.84. The van der Waals surface area contributed by atoms with E-state index in [0.717, 1.165) is 42.0 Å². The molecule has 0 atom stereocenters. The van der Waals surface area contributed by atoms with Gasteiger partial charge in [-0.3, -0.25) is 0 Å². The molecule has 3 heteroatoms. The molecule has 0 unspecified atom stereocenters. The average Bonchev–Trinajstić information content (AvgIpc) is 2.90. The van der Waals surface area contributed by atoms with Gasteiger partial charge in [0.15, 0.2) is 11.6 Å². The van der Waals surface area contributed by atoms with Gasteiger partial charge in [-0.2, -0.15) is 0 Å². The van der Waals surface area contributed by atoms with Crippen molar-refractivity contribution in [3.05, 3.63) is 42.2 Å². The summed E-state index contributed by atoms with van der Waals surface area (Å²) >= 11 is 0. The van der Waals surface area contributed by atoms with Gasteiger partial charge in [-0.05, 0) is 36.7 Å². The van der Waals surface area contributed by atoms with Crippen molar-refractivity contribution in [2.24, 2.45) is 11.8 Å². The maximum Gasteiger partial charge on any atom is 0.159 e. The van der Waals surface area contributed by atoms with Crippen molar-refractivity contribution in [3.63, 3.8) is 0 Å². The van der Waals surface area contributed by atoms with Crippen molar-refractivity contribution >= 4 is 0 Å². The standard InChI is InChI=1S/C32H50N2O/c1-3-5-7-8-9-10-12-24-35-31-25-33-32(34-26-31)30-22-20-29(21-23-30)19-18-28-16-14-27(15-17-28)13-11-6-4-2/h20-23,25-28H,3-19,24H2,1-2H3. The summed E-state index contributed by atoms with van der Waals surface area (Å²) in [5, 5.41) is 0. The van der Waals surface area contributed by atoms with E-state index in [0.29, 0.717) is 0 Å². The van der Waals surface area contributed by atoms with Gasteiger partial charge in [0.25, 0.3) is 0 Å². The third kappa shape index (κ3) is 10.7. The van der Waals surface area contributed by atoms with Crippen LogP contribution in [-0.2, 0) is 6.42 Å². The van der Waals surface area contributed by atoms with Crippen molar-refractivity contribution in [3.8, 4) is 17.1 Å². The fourth-order valence-corrected chi connectivity index (χ4v) is 5.47. The van der Waals surface area contributed by atoms with Crippen LogP contribution in [0.3, 0.4) is 0 Å². The van der Waals surface area contributed by atoms with Gasteiger partial charge in [0.1, 0.15) is 0 Å². The molecule has 0 amide bonds. The molecule has 0 N–H and O–H groups in total. The van der Waals surface area contributed by atoms with Gasteiger partial charge in [-0.25, -0.2) is 9.97 Å². The highest BCUT2D eigenvalue weighted by Crippen LogP contribution is 2.34. The van der Waals surface area contributed by atoms with Crippen LogP contribution >= 0.6 is 0 Å². The Bertz CT molecular complexity index is 778. The molecule has 1 fully saturated rings. The fraction of sp³-hybridized carbons (Fsp3) is 0.688. The van der Waals surface area contributed by atoms with E-state index in [1.165, 1.54) is 108 Å². The molecule has 1 aliphatic rings. The Kier molecular flexibility index (Phi) is 13.2. The first-order valence-electron chi connectivity index (χ1n) is 14.8. The number of hydrogen-bond donors (Lipinski definition) is 0. The number of ether oxygens (including phenoxy) is 1. The number of rotatable bonds is 17. The van der Waals surface area contributed by atoms with Crippen molar-refractivity contribution < 1.29 is 4.74 Å². The lowest BCUT2D eigenvalue weighted by Gasteiger charge is -2.28. The van der Waals surface area contributed by atoms with Gasteiger partial charge < -0.3 is 4.74 Å². The summed E-state index contributed by atoms with van der Waals surface area (Å²) < 4.78 is 5.84. The lowest BCUT2D eigenvalue weighted by Crippen LogP contribution is -2.15.